The smallest absolute Gasteiger partial charge is 0.224 e. The van der Waals surface area contributed by atoms with Gasteiger partial charge in [-0.25, -0.2) is 0 Å². The number of hydrogen-bond donors (Lipinski definition) is 1. The van der Waals surface area contributed by atoms with Gasteiger partial charge in [-0.05, 0) is 43.3 Å². The number of furan rings is 1. The van der Waals surface area contributed by atoms with Crippen LogP contribution < -0.4 is 5.32 Å². The topological polar surface area (TPSA) is 42.2 Å². The molecule has 1 aromatic heterocycles. The maximum atomic E-state index is 12.0. The molecule has 0 aliphatic carbocycles. The summed E-state index contributed by atoms with van der Waals surface area (Å²) in [5, 5.41) is 2.90. The molecule has 3 aromatic rings. The van der Waals surface area contributed by atoms with Crippen LogP contribution in [0.25, 0.3) is 11.3 Å². The summed E-state index contributed by atoms with van der Waals surface area (Å²) in [6, 6.07) is 19.6. The van der Waals surface area contributed by atoms with Crippen LogP contribution in [0.1, 0.15) is 17.7 Å². The Bertz CT molecular complexity index is 820. The molecule has 122 valence electrons. The van der Waals surface area contributed by atoms with Crippen molar-refractivity contribution in [3.8, 4) is 11.3 Å². The molecule has 0 saturated heterocycles. The summed E-state index contributed by atoms with van der Waals surface area (Å²) in [5.74, 6) is 1.61. The zero-order valence-corrected chi connectivity index (χ0v) is 15.0. The lowest BCUT2D eigenvalue weighted by Crippen LogP contribution is -2.12. The van der Waals surface area contributed by atoms with Crippen LogP contribution in [-0.4, -0.2) is 5.91 Å². The van der Waals surface area contributed by atoms with Crippen molar-refractivity contribution in [2.75, 3.05) is 5.32 Å². The predicted molar refractivity (Wildman–Crippen MR) is 100.0 cm³/mol. The van der Waals surface area contributed by atoms with Crippen LogP contribution >= 0.6 is 15.9 Å². The van der Waals surface area contributed by atoms with Crippen molar-refractivity contribution >= 4 is 27.5 Å². The maximum absolute atomic E-state index is 12.0. The van der Waals surface area contributed by atoms with Gasteiger partial charge < -0.3 is 9.73 Å². The Morgan fingerprint density at radius 1 is 1.00 bits per heavy atom. The van der Waals surface area contributed by atoms with Crippen molar-refractivity contribution in [1.29, 1.82) is 0 Å². The largest absolute Gasteiger partial charge is 0.461 e. The molecule has 0 fully saturated rings. The van der Waals surface area contributed by atoms with Gasteiger partial charge in [-0.15, -0.1) is 0 Å². The average Bonchev–Trinajstić information content (AvgIpc) is 3.05. The van der Waals surface area contributed by atoms with Crippen molar-refractivity contribution in [3.05, 3.63) is 76.5 Å². The van der Waals surface area contributed by atoms with Crippen LogP contribution in [0.4, 0.5) is 5.69 Å². The van der Waals surface area contributed by atoms with E-state index in [9.17, 15) is 4.79 Å². The van der Waals surface area contributed by atoms with E-state index in [4.69, 9.17) is 4.42 Å². The molecule has 0 radical (unpaired) electrons. The van der Waals surface area contributed by atoms with E-state index in [1.807, 2.05) is 67.6 Å². The summed E-state index contributed by atoms with van der Waals surface area (Å²) >= 11 is 3.42. The van der Waals surface area contributed by atoms with E-state index >= 15 is 0 Å². The number of carbonyl (C=O) groups excluding carboxylic acids is 1. The fraction of sp³-hybridized carbons (Fsp3) is 0.150. The standard InChI is InChI=1S/C20H18BrNO2/c1-14-2-8-17(9-3-14)22-20(23)13-11-18-10-12-19(24-18)15-4-6-16(21)7-5-15/h2-10,12H,11,13H2,1H3,(H,22,23). The first-order valence-electron chi connectivity index (χ1n) is 7.81. The quantitative estimate of drug-likeness (QED) is 0.623. The van der Waals surface area contributed by atoms with Gasteiger partial charge in [-0.2, -0.15) is 0 Å². The fourth-order valence-electron chi connectivity index (χ4n) is 2.38. The first-order valence-corrected chi connectivity index (χ1v) is 8.60. The Hall–Kier alpha value is -2.33. The molecule has 4 heteroatoms. The minimum atomic E-state index is -0.0135. The number of carbonyl (C=O) groups is 1. The molecule has 0 unspecified atom stereocenters. The summed E-state index contributed by atoms with van der Waals surface area (Å²) in [6.07, 6.45) is 0.968. The van der Waals surface area contributed by atoms with Crippen LogP contribution in [0.15, 0.2) is 69.6 Å². The van der Waals surface area contributed by atoms with Gasteiger partial charge in [0.05, 0.1) is 0 Å². The average molecular weight is 384 g/mol. The summed E-state index contributed by atoms with van der Waals surface area (Å²) in [7, 11) is 0. The summed E-state index contributed by atoms with van der Waals surface area (Å²) in [4.78, 5) is 12.0. The number of hydrogen-bond acceptors (Lipinski definition) is 2. The highest BCUT2D eigenvalue weighted by Gasteiger charge is 2.08. The maximum Gasteiger partial charge on any atom is 0.224 e. The molecule has 1 N–H and O–H groups in total. The summed E-state index contributed by atoms with van der Waals surface area (Å²) in [5.41, 5.74) is 3.01. The molecule has 1 amide bonds. The van der Waals surface area contributed by atoms with Gasteiger partial charge in [-0.1, -0.05) is 45.8 Å². The third kappa shape index (κ3) is 4.36. The number of halogens is 1. The van der Waals surface area contributed by atoms with Crippen LogP contribution in [0.2, 0.25) is 0 Å². The molecule has 0 saturated carbocycles. The molecule has 2 aromatic carbocycles. The number of rotatable bonds is 5. The Balaban J connectivity index is 1.56. The van der Waals surface area contributed by atoms with E-state index in [0.29, 0.717) is 12.8 Å². The van der Waals surface area contributed by atoms with Gasteiger partial charge in [0.15, 0.2) is 0 Å². The summed E-state index contributed by atoms with van der Waals surface area (Å²) < 4.78 is 6.86. The number of nitrogens with one attached hydrogen (secondary N) is 1. The van der Waals surface area contributed by atoms with E-state index in [1.54, 1.807) is 0 Å². The van der Waals surface area contributed by atoms with E-state index < -0.39 is 0 Å². The zero-order chi connectivity index (χ0) is 16.9. The van der Waals surface area contributed by atoms with Gasteiger partial charge in [0.1, 0.15) is 11.5 Å². The third-order valence-electron chi connectivity index (χ3n) is 3.72. The lowest BCUT2D eigenvalue weighted by atomic mass is 10.2. The lowest BCUT2D eigenvalue weighted by Gasteiger charge is -2.04. The van der Waals surface area contributed by atoms with Gasteiger partial charge in [0, 0.05) is 28.6 Å². The second-order valence-electron chi connectivity index (χ2n) is 5.69. The zero-order valence-electron chi connectivity index (χ0n) is 13.4. The van der Waals surface area contributed by atoms with Crippen molar-refractivity contribution in [1.82, 2.24) is 0 Å². The predicted octanol–water partition coefficient (Wildman–Crippen LogP) is 5.59. The van der Waals surface area contributed by atoms with E-state index in [1.165, 1.54) is 5.56 Å². The third-order valence-corrected chi connectivity index (χ3v) is 4.25. The highest BCUT2D eigenvalue weighted by molar-refractivity contribution is 9.10. The normalized spacial score (nSPS) is 10.6. The molecular weight excluding hydrogens is 366 g/mol. The molecule has 0 aliphatic heterocycles. The number of amides is 1. The minimum absolute atomic E-state index is 0.0135. The molecule has 1 heterocycles. The van der Waals surface area contributed by atoms with Gasteiger partial charge in [-0.3, -0.25) is 4.79 Å². The molecule has 3 rings (SSSR count). The lowest BCUT2D eigenvalue weighted by molar-refractivity contribution is -0.116. The van der Waals surface area contributed by atoms with Crippen molar-refractivity contribution < 1.29 is 9.21 Å². The molecule has 24 heavy (non-hydrogen) atoms. The van der Waals surface area contributed by atoms with Gasteiger partial charge in [0.25, 0.3) is 0 Å². The Morgan fingerprint density at radius 3 is 2.42 bits per heavy atom. The molecule has 0 atom stereocenters. The highest BCUT2D eigenvalue weighted by atomic mass is 79.9. The molecular formula is C20H18BrNO2. The second kappa shape index (κ2) is 7.49. The van der Waals surface area contributed by atoms with Crippen LogP contribution in [0.5, 0.6) is 0 Å². The minimum Gasteiger partial charge on any atom is -0.461 e. The highest BCUT2D eigenvalue weighted by Crippen LogP contribution is 2.24. The Morgan fingerprint density at radius 2 is 1.71 bits per heavy atom. The van der Waals surface area contributed by atoms with Crippen LogP contribution in [0.3, 0.4) is 0 Å². The van der Waals surface area contributed by atoms with Gasteiger partial charge >= 0.3 is 0 Å². The van der Waals surface area contributed by atoms with Crippen LogP contribution in [-0.2, 0) is 11.2 Å². The monoisotopic (exact) mass is 383 g/mol. The van der Waals surface area contributed by atoms with Crippen molar-refractivity contribution in [2.45, 2.75) is 19.8 Å². The van der Waals surface area contributed by atoms with Crippen molar-refractivity contribution in [3.63, 3.8) is 0 Å². The van der Waals surface area contributed by atoms with E-state index in [0.717, 1.165) is 27.2 Å². The van der Waals surface area contributed by atoms with Crippen LogP contribution in [0, 0.1) is 6.92 Å². The van der Waals surface area contributed by atoms with E-state index in [2.05, 4.69) is 21.2 Å². The Kier molecular flexibility index (Phi) is 5.16. The first kappa shape index (κ1) is 16.5. The van der Waals surface area contributed by atoms with E-state index in [-0.39, 0.29) is 5.91 Å². The summed E-state index contributed by atoms with van der Waals surface area (Å²) in [6.45, 7) is 2.02. The molecule has 0 aliphatic rings. The Labute approximate surface area is 149 Å². The SMILES string of the molecule is Cc1ccc(NC(=O)CCc2ccc(-c3ccc(Br)cc3)o2)cc1. The molecule has 0 spiro atoms. The van der Waals surface area contributed by atoms with Gasteiger partial charge in [0.2, 0.25) is 5.91 Å². The molecule has 3 nitrogen and oxygen atoms in total. The number of benzene rings is 2. The number of anilines is 1. The first-order chi connectivity index (χ1) is 11.6. The number of aryl methyl sites for hydroxylation is 2. The molecule has 0 bridgehead atoms. The second-order valence-corrected chi connectivity index (χ2v) is 6.60. The van der Waals surface area contributed by atoms with Crippen molar-refractivity contribution in [2.24, 2.45) is 0 Å². The fourth-order valence-corrected chi connectivity index (χ4v) is 2.64.